The molecule has 3 rings (SSSR count). The van der Waals surface area contributed by atoms with E-state index in [0.29, 0.717) is 12.2 Å². The van der Waals surface area contributed by atoms with Crippen LogP contribution >= 0.6 is 22.6 Å². The Hall–Kier alpha value is -2.87. The lowest BCUT2D eigenvalue weighted by Gasteiger charge is -2.06. The van der Waals surface area contributed by atoms with Gasteiger partial charge in [-0.25, -0.2) is 5.43 Å². The van der Waals surface area contributed by atoms with E-state index in [-0.39, 0.29) is 11.7 Å². The second-order valence-electron chi connectivity index (χ2n) is 5.73. The van der Waals surface area contributed by atoms with Gasteiger partial charge in [-0.1, -0.05) is 12.1 Å². The molecule has 0 heterocycles. The number of benzene rings is 3. The fourth-order valence-corrected chi connectivity index (χ4v) is 2.60. The molecular formula is C21H17IN2O3. The second kappa shape index (κ2) is 9.18. The number of hydrazone groups is 1. The highest BCUT2D eigenvalue weighted by Gasteiger charge is 2.03. The summed E-state index contributed by atoms with van der Waals surface area (Å²) in [5, 5.41) is 13.2. The Morgan fingerprint density at radius 2 is 1.67 bits per heavy atom. The minimum Gasteiger partial charge on any atom is -0.508 e. The fraction of sp³-hybridized carbons (Fsp3) is 0.0476. The molecule has 3 aromatic carbocycles. The normalized spacial score (nSPS) is 10.7. The lowest BCUT2D eigenvalue weighted by atomic mass is 10.2. The molecule has 0 unspecified atom stereocenters. The predicted molar refractivity (Wildman–Crippen MR) is 113 cm³/mol. The van der Waals surface area contributed by atoms with E-state index in [2.05, 4.69) is 33.1 Å². The zero-order valence-corrected chi connectivity index (χ0v) is 16.5. The van der Waals surface area contributed by atoms with E-state index in [9.17, 15) is 9.90 Å². The predicted octanol–water partition coefficient (Wildman–Crippen LogP) is 4.34. The van der Waals surface area contributed by atoms with Gasteiger partial charge in [-0.15, -0.1) is 0 Å². The number of nitrogens with one attached hydrogen (secondary N) is 1. The molecule has 0 aliphatic heterocycles. The summed E-state index contributed by atoms with van der Waals surface area (Å²) in [6.45, 7) is 0.507. The van der Waals surface area contributed by atoms with Crippen molar-refractivity contribution >= 4 is 34.7 Å². The third-order valence-corrected chi connectivity index (χ3v) is 4.43. The third kappa shape index (κ3) is 5.82. The van der Waals surface area contributed by atoms with Gasteiger partial charge in [-0.05, 0) is 94.4 Å². The molecule has 0 aliphatic carbocycles. The first kappa shape index (κ1) is 18.9. The summed E-state index contributed by atoms with van der Waals surface area (Å²) in [6, 6.07) is 21.6. The standard InChI is InChI=1S/C21H17IN2O3/c22-18-7-1-16(2-8-18)14-27-20-11-3-15(4-12-20)13-23-24-21(26)17-5-9-19(25)10-6-17/h1-13,25H,14H2,(H,24,26)/b23-13-. The van der Waals surface area contributed by atoms with Gasteiger partial charge >= 0.3 is 0 Å². The summed E-state index contributed by atoms with van der Waals surface area (Å²) < 4.78 is 6.95. The van der Waals surface area contributed by atoms with Gasteiger partial charge < -0.3 is 9.84 Å². The topological polar surface area (TPSA) is 70.9 Å². The summed E-state index contributed by atoms with van der Waals surface area (Å²) in [6.07, 6.45) is 1.56. The number of hydrogen-bond donors (Lipinski definition) is 2. The van der Waals surface area contributed by atoms with E-state index >= 15 is 0 Å². The lowest BCUT2D eigenvalue weighted by Crippen LogP contribution is -2.17. The van der Waals surface area contributed by atoms with Crippen molar-refractivity contribution in [3.63, 3.8) is 0 Å². The van der Waals surface area contributed by atoms with Crippen molar-refractivity contribution in [3.05, 3.63) is 93.1 Å². The van der Waals surface area contributed by atoms with Gasteiger partial charge in [0.25, 0.3) is 5.91 Å². The summed E-state index contributed by atoms with van der Waals surface area (Å²) in [4.78, 5) is 11.9. The largest absolute Gasteiger partial charge is 0.508 e. The SMILES string of the molecule is O=C(N/N=C\c1ccc(OCc2ccc(I)cc2)cc1)c1ccc(O)cc1. The van der Waals surface area contributed by atoms with Crippen molar-refractivity contribution in [1.82, 2.24) is 5.43 Å². The van der Waals surface area contributed by atoms with Crippen LogP contribution < -0.4 is 10.2 Å². The summed E-state index contributed by atoms with van der Waals surface area (Å²) >= 11 is 2.27. The van der Waals surface area contributed by atoms with Crippen LogP contribution in [-0.4, -0.2) is 17.2 Å². The summed E-state index contributed by atoms with van der Waals surface area (Å²) in [7, 11) is 0. The number of ether oxygens (including phenoxy) is 1. The monoisotopic (exact) mass is 472 g/mol. The molecule has 27 heavy (non-hydrogen) atoms. The van der Waals surface area contributed by atoms with Gasteiger partial charge in [0.2, 0.25) is 0 Å². The molecule has 0 spiro atoms. The van der Waals surface area contributed by atoms with Gasteiger partial charge in [0.05, 0.1) is 6.21 Å². The molecule has 6 heteroatoms. The molecule has 136 valence electrons. The number of nitrogens with zero attached hydrogens (tertiary/aromatic N) is 1. The Balaban J connectivity index is 1.50. The summed E-state index contributed by atoms with van der Waals surface area (Å²) in [5.41, 5.74) is 4.82. The van der Waals surface area contributed by atoms with Crippen LogP contribution in [0.5, 0.6) is 11.5 Å². The van der Waals surface area contributed by atoms with Crippen molar-refractivity contribution in [2.24, 2.45) is 5.10 Å². The lowest BCUT2D eigenvalue weighted by molar-refractivity contribution is 0.0955. The highest BCUT2D eigenvalue weighted by molar-refractivity contribution is 14.1. The quantitative estimate of drug-likeness (QED) is 0.319. The molecule has 0 aliphatic rings. The minimum atomic E-state index is -0.344. The Labute approximate surface area is 170 Å². The Bertz CT molecular complexity index is 921. The van der Waals surface area contributed by atoms with E-state index in [4.69, 9.17) is 4.74 Å². The van der Waals surface area contributed by atoms with Crippen LogP contribution in [0.15, 0.2) is 77.9 Å². The van der Waals surface area contributed by atoms with Crippen molar-refractivity contribution in [2.75, 3.05) is 0 Å². The maximum Gasteiger partial charge on any atom is 0.271 e. The maximum absolute atomic E-state index is 11.9. The Kier molecular flexibility index (Phi) is 6.43. The van der Waals surface area contributed by atoms with Crippen molar-refractivity contribution in [3.8, 4) is 11.5 Å². The first-order chi connectivity index (χ1) is 13.1. The van der Waals surface area contributed by atoms with Crippen LogP contribution in [0.2, 0.25) is 0 Å². The smallest absolute Gasteiger partial charge is 0.271 e. The number of rotatable bonds is 6. The molecule has 5 nitrogen and oxygen atoms in total. The highest BCUT2D eigenvalue weighted by Crippen LogP contribution is 2.14. The first-order valence-corrected chi connectivity index (χ1v) is 9.28. The number of carbonyl (C=O) groups excluding carboxylic acids is 1. The maximum atomic E-state index is 11.9. The van der Waals surface area contributed by atoms with E-state index in [0.717, 1.165) is 16.9 Å². The van der Waals surface area contributed by atoms with Gasteiger partial charge in [0, 0.05) is 9.13 Å². The van der Waals surface area contributed by atoms with Crippen molar-refractivity contribution in [1.29, 1.82) is 0 Å². The molecule has 0 saturated heterocycles. The van der Waals surface area contributed by atoms with Crippen LogP contribution in [0.3, 0.4) is 0 Å². The number of amides is 1. The van der Waals surface area contributed by atoms with E-state index < -0.39 is 0 Å². The number of phenols is 1. The number of aromatic hydroxyl groups is 1. The number of halogens is 1. The van der Waals surface area contributed by atoms with Crippen molar-refractivity contribution in [2.45, 2.75) is 6.61 Å². The van der Waals surface area contributed by atoms with Crippen LogP contribution in [0, 0.1) is 3.57 Å². The average molecular weight is 472 g/mol. The average Bonchev–Trinajstić information content (AvgIpc) is 2.69. The fourth-order valence-electron chi connectivity index (χ4n) is 2.24. The minimum absolute atomic E-state index is 0.111. The highest BCUT2D eigenvalue weighted by atomic mass is 127. The molecule has 0 radical (unpaired) electrons. The van der Waals surface area contributed by atoms with Crippen molar-refractivity contribution < 1.29 is 14.6 Å². The number of hydrogen-bond acceptors (Lipinski definition) is 4. The zero-order chi connectivity index (χ0) is 19.1. The molecule has 0 saturated carbocycles. The Morgan fingerprint density at radius 1 is 1.00 bits per heavy atom. The molecule has 0 fully saturated rings. The van der Waals surface area contributed by atoms with Gasteiger partial charge in [0.1, 0.15) is 18.1 Å². The molecule has 0 aromatic heterocycles. The second-order valence-corrected chi connectivity index (χ2v) is 6.98. The van der Waals surface area contributed by atoms with E-state index in [1.54, 1.807) is 6.21 Å². The van der Waals surface area contributed by atoms with Crippen LogP contribution in [0.4, 0.5) is 0 Å². The van der Waals surface area contributed by atoms with Gasteiger partial charge in [0.15, 0.2) is 0 Å². The number of phenolic OH excluding ortho intramolecular Hbond substituents is 1. The van der Waals surface area contributed by atoms with E-state index in [1.807, 2.05) is 48.5 Å². The van der Waals surface area contributed by atoms with Crippen LogP contribution in [0.25, 0.3) is 0 Å². The summed E-state index contributed by atoms with van der Waals surface area (Å²) in [5.74, 6) is 0.530. The first-order valence-electron chi connectivity index (χ1n) is 8.20. The molecule has 1 amide bonds. The van der Waals surface area contributed by atoms with Gasteiger partial charge in [-0.2, -0.15) is 5.10 Å². The molecule has 0 atom stereocenters. The Morgan fingerprint density at radius 3 is 2.33 bits per heavy atom. The van der Waals surface area contributed by atoms with Gasteiger partial charge in [-0.3, -0.25) is 4.79 Å². The van der Waals surface area contributed by atoms with Crippen LogP contribution in [-0.2, 0) is 6.61 Å². The molecular weight excluding hydrogens is 455 g/mol. The van der Waals surface area contributed by atoms with Crippen LogP contribution in [0.1, 0.15) is 21.5 Å². The number of carbonyl (C=O) groups is 1. The third-order valence-electron chi connectivity index (χ3n) is 3.71. The van der Waals surface area contributed by atoms with E-state index in [1.165, 1.54) is 27.8 Å². The molecule has 2 N–H and O–H groups in total. The zero-order valence-electron chi connectivity index (χ0n) is 14.3. The molecule has 3 aromatic rings. The molecule has 0 bridgehead atoms.